The van der Waals surface area contributed by atoms with Gasteiger partial charge < -0.3 is 5.11 Å². The molecule has 0 radical (unpaired) electrons. The summed E-state index contributed by atoms with van der Waals surface area (Å²) in [5.41, 5.74) is 2.09. The minimum Gasteiger partial charge on any atom is -0.390 e. The number of hydrogen-bond acceptors (Lipinski definition) is 3. The van der Waals surface area contributed by atoms with Gasteiger partial charge in [-0.25, -0.2) is 4.98 Å². The number of rotatable bonds is 2. The maximum absolute atomic E-state index is 8.98. The van der Waals surface area contributed by atoms with E-state index >= 15 is 0 Å². The van der Waals surface area contributed by atoms with Crippen molar-refractivity contribution < 1.29 is 5.11 Å². The molecule has 4 heteroatoms. The zero-order valence-corrected chi connectivity index (χ0v) is 8.65. The first kappa shape index (κ1) is 10.1. The van der Waals surface area contributed by atoms with Gasteiger partial charge in [-0.2, -0.15) is 0 Å². The van der Waals surface area contributed by atoms with Gasteiger partial charge in [0, 0.05) is 18.0 Å². The van der Waals surface area contributed by atoms with Gasteiger partial charge in [-0.1, -0.05) is 11.6 Å². The molecule has 15 heavy (non-hydrogen) atoms. The van der Waals surface area contributed by atoms with E-state index in [2.05, 4.69) is 9.97 Å². The Kier molecular flexibility index (Phi) is 2.94. The first-order valence-corrected chi connectivity index (χ1v) is 4.86. The largest absolute Gasteiger partial charge is 0.390 e. The summed E-state index contributed by atoms with van der Waals surface area (Å²) in [6.07, 6.45) is 3.38. The predicted octanol–water partition coefficient (Wildman–Crippen LogP) is 2.29. The Balaban J connectivity index is 2.52. The summed E-state index contributed by atoms with van der Waals surface area (Å²) in [5, 5.41) is 9.53. The molecular formula is C11H9ClN2O. The van der Waals surface area contributed by atoms with Gasteiger partial charge in [-0.15, -0.1) is 0 Å². The number of aliphatic hydroxyl groups is 1. The van der Waals surface area contributed by atoms with Gasteiger partial charge in [0.1, 0.15) is 0 Å². The van der Waals surface area contributed by atoms with Crippen LogP contribution in [-0.4, -0.2) is 15.1 Å². The molecule has 0 amide bonds. The van der Waals surface area contributed by atoms with E-state index in [-0.39, 0.29) is 6.61 Å². The lowest BCUT2D eigenvalue weighted by molar-refractivity contribution is 0.277. The van der Waals surface area contributed by atoms with Crippen LogP contribution in [0.25, 0.3) is 11.3 Å². The first-order valence-electron chi connectivity index (χ1n) is 4.48. The van der Waals surface area contributed by atoms with E-state index in [9.17, 15) is 0 Å². The second kappa shape index (κ2) is 4.38. The summed E-state index contributed by atoms with van der Waals surface area (Å²) < 4.78 is 0. The SMILES string of the molecule is OCc1ccc(Cl)c(-c2cccnc2)n1. The van der Waals surface area contributed by atoms with Gasteiger partial charge in [0.2, 0.25) is 0 Å². The van der Waals surface area contributed by atoms with Crippen molar-refractivity contribution in [3.8, 4) is 11.3 Å². The zero-order chi connectivity index (χ0) is 10.7. The molecule has 0 atom stereocenters. The molecule has 0 spiro atoms. The van der Waals surface area contributed by atoms with E-state index in [1.54, 1.807) is 24.5 Å². The zero-order valence-electron chi connectivity index (χ0n) is 7.89. The second-order valence-electron chi connectivity index (χ2n) is 3.03. The standard InChI is InChI=1S/C11H9ClN2O/c12-10-4-3-9(7-15)14-11(10)8-2-1-5-13-6-8/h1-6,15H,7H2. The lowest BCUT2D eigenvalue weighted by atomic mass is 10.2. The molecule has 2 aromatic heterocycles. The molecule has 0 aliphatic rings. The third kappa shape index (κ3) is 2.14. The molecule has 0 aliphatic heterocycles. The number of halogens is 1. The normalized spacial score (nSPS) is 10.3. The fourth-order valence-electron chi connectivity index (χ4n) is 1.28. The van der Waals surface area contributed by atoms with E-state index in [1.165, 1.54) is 0 Å². The fraction of sp³-hybridized carbons (Fsp3) is 0.0909. The predicted molar refractivity (Wildman–Crippen MR) is 58.4 cm³/mol. The Morgan fingerprint density at radius 2 is 2.13 bits per heavy atom. The first-order chi connectivity index (χ1) is 7.31. The van der Waals surface area contributed by atoms with E-state index in [0.29, 0.717) is 16.4 Å². The molecule has 2 aromatic rings. The summed E-state index contributed by atoms with van der Waals surface area (Å²) in [6, 6.07) is 7.12. The molecule has 0 saturated carbocycles. The number of pyridine rings is 2. The van der Waals surface area contributed by atoms with Crippen molar-refractivity contribution in [2.75, 3.05) is 0 Å². The second-order valence-corrected chi connectivity index (χ2v) is 3.44. The molecule has 0 aromatic carbocycles. The van der Waals surface area contributed by atoms with Crippen LogP contribution >= 0.6 is 11.6 Å². The Morgan fingerprint density at radius 1 is 1.27 bits per heavy atom. The third-order valence-electron chi connectivity index (χ3n) is 2.00. The summed E-state index contributed by atoms with van der Waals surface area (Å²) >= 11 is 6.02. The monoisotopic (exact) mass is 220 g/mol. The Bertz CT molecular complexity index is 459. The average Bonchev–Trinajstić information content (AvgIpc) is 2.31. The lowest BCUT2D eigenvalue weighted by Crippen LogP contribution is -1.92. The number of aromatic nitrogens is 2. The minimum atomic E-state index is -0.0928. The van der Waals surface area contributed by atoms with Gasteiger partial charge in [0.15, 0.2) is 0 Å². The fourth-order valence-corrected chi connectivity index (χ4v) is 1.49. The van der Waals surface area contributed by atoms with Crippen LogP contribution in [0.3, 0.4) is 0 Å². The van der Waals surface area contributed by atoms with Crippen LogP contribution in [0.1, 0.15) is 5.69 Å². The Labute approximate surface area is 92.4 Å². The van der Waals surface area contributed by atoms with Crippen LogP contribution in [0, 0.1) is 0 Å². The molecule has 0 bridgehead atoms. The average molecular weight is 221 g/mol. The highest BCUT2D eigenvalue weighted by Gasteiger charge is 2.05. The van der Waals surface area contributed by atoms with Crippen molar-refractivity contribution >= 4 is 11.6 Å². The maximum Gasteiger partial charge on any atom is 0.0907 e. The maximum atomic E-state index is 8.98. The highest BCUT2D eigenvalue weighted by Crippen LogP contribution is 2.25. The quantitative estimate of drug-likeness (QED) is 0.845. The number of aliphatic hydroxyl groups excluding tert-OH is 1. The molecule has 0 fully saturated rings. The smallest absolute Gasteiger partial charge is 0.0907 e. The van der Waals surface area contributed by atoms with Gasteiger partial charge >= 0.3 is 0 Å². The summed E-state index contributed by atoms with van der Waals surface area (Å²) in [5.74, 6) is 0. The van der Waals surface area contributed by atoms with E-state index in [1.807, 2.05) is 12.1 Å². The molecule has 2 rings (SSSR count). The molecule has 3 nitrogen and oxygen atoms in total. The summed E-state index contributed by atoms with van der Waals surface area (Å²) in [7, 11) is 0. The van der Waals surface area contributed by atoms with Gasteiger partial charge in [0.05, 0.1) is 23.0 Å². The molecule has 0 unspecified atom stereocenters. The van der Waals surface area contributed by atoms with Crippen molar-refractivity contribution in [1.82, 2.24) is 9.97 Å². The molecule has 0 saturated heterocycles. The van der Waals surface area contributed by atoms with E-state index < -0.39 is 0 Å². The van der Waals surface area contributed by atoms with Gasteiger partial charge in [0.25, 0.3) is 0 Å². The van der Waals surface area contributed by atoms with Crippen molar-refractivity contribution in [3.63, 3.8) is 0 Å². The summed E-state index contributed by atoms with van der Waals surface area (Å²) in [4.78, 5) is 8.24. The molecule has 2 heterocycles. The molecule has 1 N–H and O–H groups in total. The Hall–Kier alpha value is -1.45. The van der Waals surface area contributed by atoms with Gasteiger partial charge in [-0.3, -0.25) is 4.98 Å². The van der Waals surface area contributed by atoms with Crippen molar-refractivity contribution in [2.24, 2.45) is 0 Å². The summed E-state index contributed by atoms with van der Waals surface area (Å²) in [6.45, 7) is -0.0928. The number of hydrogen-bond donors (Lipinski definition) is 1. The van der Waals surface area contributed by atoms with Crippen LogP contribution < -0.4 is 0 Å². The number of nitrogens with zero attached hydrogens (tertiary/aromatic N) is 2. The third-order valence-corrected chi connectivity index (χ3v) is 2.31. The molecule has 0 aliphatic carbocycles. The highest BCUT2D eigenvalue weighted by molar-refractivity contribution is 6.33. The van der Waals surface area contributed by atoms with Crippen molar-refractivity contribution in [3.05, 3.63) is 47.4 Å². The van der Waals surface area contributed by atoms with E-state index in [4.69, 9.17) is 16.7 Å². The van der Waals surface area contributed by atoms with Crippen LogP contribution in [0.15, 0.2) is 36.7 Å². The van der Waals surface area contributed by atoms with Crippen LogP contribution in [0.4, 0.5) is 0 Å². The van der Waals surface area contributed by atoms with Crippen LogP contribution in [0.5, 0.6) is 0 Å². The molecular weight excluding hydrogens is 212 g/mol. The van der Waals surface area contributed by atoms with E-state index in [0.717, 1.165) is 5.56 Å². The molecule has 76 valence electrons. The Morgan fingerprint density at radius 3 is 2.80 bits per heavy atom. The van der Waals surface area contributed by atoms with Crippen LogP contribution in [-0.2, 0) is 6.61 Å². The van der Waals surface area contributed by atoms with Gasteiger partial charge in [-0.05, 0) is 24.3 Å². The topological polar surface area (TPSA) is 46.0 Å². The van der Waals surface area contributed by atoms with Crippen molar-refractivity contribution in [2.45, 2.75) is 6.61 Å². The lowest BCUT2D eigenvalue weighted by Gasteiger charge is -2.04. The van der Waals surface area contributed by atoms with Crippen LogP contribution in [0.2, 0.25) is 5.02 Å². The van der Waals surface area contributed by atoms with Crippen molar-refractivity contribution in [1.29, 1.82) is 0 Å². The highest BCUT2D eigenvalue weighted by atomic mass is 35.5. The minimum absolute atomic E-state index is 0.0928.